The molecule has 0 radical (unpaired) electrons. The van der Waals surface area contributed by atoms with Crippen molar-refractivity contribution in [2.75, 3.05) is 24.7 Å². The van der Waals surface area contributed by atoms with Crippen LogP contribution in [0.5, 0.6) is 5.75 Å². The molecule has 0 bridgehead atoms. The molecule has 1 amide bonds. The molecule has 1 aromatic heterocycles. The number of thioether (sulfide) groups is 1. The number of ether oxygens (including phenoxy) is 1. The zero-order valence-corrected chi connectivity index (χ0v) is 16.1. The van der Waals surface area contributed by atoms with E-state index in [1.807, 2.05) is 24.3 Å². The van der Waals surface area contributed by atoms with E-state index in [0.29, 0.717) is 12.3 Å². The van der Waals surface area contributed by atoms with Crippen molar-refractivity contribution in [3.63, 3.8) is 0 Å². The number of rotatable bonds is 5. The topological polar surface area (TPSA) is 88.6 Å². The van der Waals surface area contributed by atoms with Crippen molar-refractivity contribution in [3.8, 4) is 5.75 Å². The van der Waals surface area contributed by atoms with Crippen molar-refractivity contribution >= 4 is 44.2 Å². The van der Waals surface area contributed by atoms with Crippen LogP contribution in [-0.2, 0) is 14.8 Å². The zero-order valence-electron chi connectivity index (χ0n) is 13.6. The van der Waals surface area contributed by atoms with Crippen LogP contribution >= 0.6 is 23.1 Å². The summed E-state index contributed by atoms with van der Waals surface area (Å²) in [4.78, 5) is 15.1. The molecule has 25 heavy (non-hydrogen) atoms. The predicted molar refractivity (Wildman–Crippen MR) is 98.5 cm³/mol. The van der Waals surface area contributed by atoms with Gasteiger partial charge in [0, 0.05) is 19.2 Å². The molecule has 1 fully saturated rings. The molecule has 3 rings (SSSR count). The van der Waals surface area contributed by atoms with E-state index < -0.39 is 10.0 Å². The van der Waals surface area contributed by atoms with Crippen molar-refractivity contribution in [1.82, 2.24) is 9.29 Å². The summed E-state index contributed by atoms with van der Waals surface area (Å²) in [6.07, 6.45) is 1.29. The molecule has 1 saturated heterocycles. The van der Waals surface area contributed by atoms with Gasteiger partial charge in [0.25, 0.3) is 10.0 Å². The monoisotopic (exact) mass is 399 g/mol. The number of hydrogen-bond acceptors (Lipinski definition) is 7. The Morgan fingerprint density at radius 1 is 1.36 bits per heavy atom. The quantitative estimate of drug-likeness (QED) is 0.831. The molecule has 1 unspecified atom stereocenters. The summed E-state index contributed by atoms with van der Waals surface area (Å²) in [5.41, 5.74) is 0.901. The van der Waals surface area contributed by atoms with Gasteiger partial charge >= 0.3 is 0 Å². The molecule has 1 N–H and O–H groups in total. The lowest BCUT2D eigenvalue weighted by molar-refractivity contribution is -0.114. The van der Waals surface area contributed by atoms with Crippen molar-refractivity contribution in [2.45, 2.75) is 16.5 Å². The largest absolute Gasteiger partial charge is 0.497 e. The van der Waals surface area contributed by atoms with E-state index in [0.717, 1.165) is 22.6 Å². The Balaban J connectivity index is 1.87. The molecule has 0 aliphatic carbocycles. The molecule has 2 heterocycles. The molecule has 1 aliphatic rings. The van der Waals surface area contributed by atoms with Gasteiger partial charge in [0.1, 0.15) is 5.75 Å². The number of aromatic nitrogens is 1. The Kier molecular flexibility index (Phi) is 5.32. The average molecular weight is 400 g/mol. The number of benzene rings is 1. The van der Waals surface area contributed by atoms with Crippen LogP contribution in [0, 0.1) is 0 Å². The van der Waals surface area contributed by atoms with E-state index in [9.17, 15) is 13.2 Å². The predicted octanol–water partition coefficient (Wildman–Crippen LogP) is 2.55. The minimum Gasteiger partial charge on any atom is -0.497 e. The third kappa shape index (κ3) is 3.81. The summed E-state index contributed by atoms with van der Waals surface area (Å²) >= 11 is 2.53. The Labute approximate surface area is 154 Å². The number of anilines is 1. The maximum Gasteiger partial charge on any atom is 0.255 e. The molecule has 10 heteroatoms. The van der Waals surface area contributed by atoms with Crippen molar-refractivity contribution < 1.29 is 17.9 Å². The first-order valence-corrected chi connectivity index (χ1v) is 10.7. The number of nitrogens with zero attached hydrogens (tertiary/aromatic N) is 2. The van der Waals surface area contributed by atoms with Gasteiger partial charge in [-0.25, -0.2) is 13.4 Å². The van der Waals surface area contributed by atoms with Gasteiger partial charge in [-0.3, -0.25) is 4.79 Å². The van der Waals surface area contributed by atoms with Crippen LogP contribution in [0.4, 0.5) is 5.13 Å². The summed E-state index contributed by atoms with van der Waals surface area (Å²) in [5.74, 6) is 1.16. The van der Waals surface area contributed by atoms with E-state index >= 15 is 0 Å². The first-order valence-electron chi connectivity index (χ1n) is 7.42. The molecular weight excluding hydrogens is 382 g/mol. The lowest BCUT2D eigenvalue weighted by atomic mass is 10.2. The van der Waals surface area contributed by atoms with Crippen LogP contribution in [0.3, 0.4) is 0 Å². The molecule has 1 aromatic carbocycles. The van der Waals surface area contributed by atoms with Gasteiger partial charge in [0.15, 0.2) is 9.34 Å². The second kappa shape index (κ2) is 7.32. The first-order chi connectivity index (χ1) is 11.9. The highest BCUT2D eigenvalue weighted by molar-refractivity contribution is 8.01. The number of sulfonamides is 1. The summed E-state index contributed by atoms with van der Waals surface area (Å²) < 4.78 is 32.7. The SMILES string of the molecule is COc1ccc(C2SCCN2S(=O)(=O)c2cnc(NC(C)=O)s2)cc1. The summed E-state index contributed by atoms with van der Waals surface area (Å²) in [6.45, 7) is 1.78. The van der Waals surface area contributed by atoms with Crippen molar-refractivity contribution in [2.24, 2.45) is 0 Å². The Hall–Kier alpha value is -1.62. The highest BCUT2D eigenvalue weighted by Gasteiger charge is 2.38. The third-order valence-electron chi connectivity index (χ3n) is 3.58. The second-order valence-electron chi connectivity index (χ2n) is 5.28. The Morgan fingerprint density at radius 2 is 2.08 bits per heavy atom. The molecular formula is C15H17N3O4S3. The van der Waals surface area contributed by atoms with Crippen molar-refractivity contribution in [3.05, 3.63) is 36.0 Å². The third-order valence-corrected chi connectivity index (χ3v) is 8.19. The van der Waals surface area contributed by atoms with Gasteiger partial charge in [-0.05, 0) is 17.7 Å². The normalized spacial score (nSPS) is 18.2. The summed E-state index contributed by atoms with van der Waals surface area (Å²) in [5, 5.41) is 2.50. The minimum absolute atomic E-state index is 0.122. The van der Waals surface area contributed by atoms with Crippen LogP contribution in [0.15, 0.2) is 34.7 Å². The fourth-order valence-electron chi connectivity index (χ4n) is 2.43. The number of carbonyl (C=O) groups is 1. The van der Waals surface area contributed by atoms with Gasteiger partial charge in [-0.1, -0.05) is 23.5 Å². The maximum atomic E-state index is 13.0. The highest BCUT2D eigenvalue weighted by atomic mass is 32.2. The number of carbonyl (C=O) groups excluding carboxylic acids is 1. The number of methoxy groups -OCH3 is 1. The molecule has 2 aromatic rings. The number of thiazole rings is 1. The molecule has 7 nitrogen and oxygen atoms in total. The number of amides is 1. The fraction of sp³-hybridized carbons (Fsp3) is 0.333. The smallest absolute Gasteiger partial charge is 0.255 e. The molecule has 1 aliphatic heterocycles. The lowest BCUT2D eigenvalue weighted by Crippen LogP contribution is -2.30. The van der Waals surface area contributed by atoms with Crippen LogP contribution in [-0.4, -0.2) is 43.0 Å². The lowest BCUT2D eigenvalue weighted by Gasteiger charge is -2.22. The van der Waals surface area contributed by atoms with E-state index in [2.05, 4.69) is 10.3 Å². The number of nitrogens with one attached hydrogen (secondary N) is 1. The average Bonchev–Trinajstić information content (AvgIpc) is 3.24. The molecule has 0 saturated carbocycles. The fourth-order valence-corrected chi connectivity index (χ4v) is 6.88. The van der Waals surface area contributed by atoms with Gasteiger partial charge in [-0.2, -0.15) is 4.31 Å². The Morgan fingerprint density at radius 3 is 2.72 bits per heavy atom. The van der Waals surface area contributed by atoms with Gasteiger partial charge in [0.2, 0.25) is 5.91 Å². The van der Waals surface area contributed by atoms with Crippen LogP contribution in [0.1, 0.15) is 17.9 Å². The first kappa shape index (κ1) is 18.2. The van der Waals surface area contributed by atoms with E-state index in [4.69, 9.17) is 4.74 Å². The van der Waals surface area contributed by atoms with E-state index in [1.54, 1.807) is 18.9 Å². The van der Waals surface area contributed by atoms with Crippen LogP contribution in [0.2, 0.25) is 0 Å². The minimum atomic E-state index is -3.68. The van der Waals surface area contributed by atoms with Gasteiger partial charge in [0.05, 0.1) is 18.7 Å². The molecule has 0 spiro atoms. The van der Waals surface area contributed by atoms with Gasteiger partial charge < -0.3 is 10.1 Å². The second-order valence-corrected chi connectivity index (χ2v) is 9.61. The highest BCUT2D eigenvalue weighted by Crippen LogP contribution is 2.42. The molecule has 1 atom stereocenters. The van der Waals surface area contributed by atoms with E-state index in [-0.39, 0.29) is 20.6 Å². The standard InChI is InChI=1S/C15H17N3O4S3/c1-10(19)17-15-16-9-13(24-15)25(20,21)18-7-8-23-14(18)11-3-5-12(22-2)6-4-11/h3-6,9,14H,7-8H2,1-2H3,(H,16,17,19). The number of hydrogen-bond donors (Lipinski definition) is 1. The van der Waals surface area contributed by atoms with E-state index in [1.165, 1.54) is 17.4 Å². The maximum absolute atomic E-state index is 13.0. The Bertz CT molecular complexity index is 864. The zero-order chi connectivity index (χ0) is 18.0. The molecule has 134 valence electrons. The summed E-state index contributed by atoms with van der Waals surface area (Å²) in [7, 11) is -2.09. The summed E-state index contributed by atoms with van der Waals surface area (Å²) in [6, 6.07) is 7.39. The van der Waals surface area contributed by atoms with Crippen LogP contribution in [0.25, 0.3) is 0 Å². The van der Waals surface area contributed by atoms with Crippen molar-refractivity contribution in [1.29, 1.82) is 0 Å². The van der Waals surface area contributed by atoms with Gasteiger partial charge in [-0.15, -0.1) is 11.8 Å². The van der Waals surface area contributed by atoms with Crippen LogP contribution < -0.4 is 10.1 Å².